The number of rotatable bonds is 7. The van der Waals surface area contributed by atoms with Crippen LogP contribution in [0.3, 0.4) is 0 Å². The lowest BCUT2D eigenvalue weighted by molar-refractivity contribution is -0.140. The first-order valence-corrected chi connectivity index (χ1v) is 15.9. The van der Waals surface area contributed by atoms with E-state index in [4.69, 9.17) is 27.5 Å². The van der Waals surface area contributed by atoms with Gasteiger partial charge in [0, 0.05) is 42.1 Å². The predicted molar refractivity (Wildman–Crippen MR) is 156 cm³/mol. The second-order valence-electron chi connectivity index (χ2n) is 10.7. The van der Waals surface area contributed by atoms with E-state index in [1.807, 2.05) is 4.90 Å². The second-order valence-corrected chi connectivity index (χ2v) is 13.0. The average Bonchev–Trinajstić information content (AvgIpc) is 3.32. The summed E-state index contributed by atoms with van der Waals surface area (Å²) >= 11 is 12.4. The molecule has 2 fully saturated rings. The largest absolute Gasteiger partial charge is 0.437 e. The Morgan fingerprint density at radius 1 is 1.05 bits per heavy atom. The third-order valence-electron chi connectivity index (χ3n) is 7.79. The zero-order valence-electron chi connectivity index (χ0n) is 22.9. The number of alkyl halides is 3. The lowest BCUT2D eigenvalue weighted by Crippen LogP contribution is -2.46. The molecule has 228 valence electrons. The van der Waals surface area contributed by atoms with Crippen molar-refractivity contribution >= 4 is 50.3 Å². The summed E-state index contributed by atoms with van der Waals surface area (Å²) in [5, 5.41) is 6.03. The van der Waals surface area contributed by atoms with Crippen molar-refractivity contribution in [2.24, 2.45) is 0 Å². The van der Waals surface area contributed by atoms with E-state index in [9.17, 15) is 21.6 Å². The number of hydroxylamine groups is 2. The van der Waals surface area contributed by atoms with Crippen LogP contribution < -0.4 is 4.90 Å². The summed E-state index contributed by atoms with van der Waals surface area (Å²) in [6.45, 7) is 3.54. The molecule has 0 N–H and O–H groups in total. The zero-order valence-corrected chi connectivity index (χ0v) is 25.3. The fourth-order valence-corrected chi connectivity index (χ4v) is 7.35. The summed E-state index contributed by atoms with van der Waals surface area (Å²) in [6, 6.07) is 10.7. The highest BCUT2D eigenvalue weighted by molar-refractivity contribution is 7.86. The molecule has 0 saturated carbocycles. The molecule has 15 heteroatoms. The van der Waals surface area contributed by atoms with Gasteiger partial charge in [0.15, 0.2) is 11.3 Å². The van der Waals surface area contributed by atoms with Crippen molar-refractivity contribution < 1.29 is 25.9 Å². The van der Waals surface area contributed by atoms with Crippen LogP contribution in [0, 0.1) is 0 Å². The number of hydrogen-bond acceptors (Lipinski definition) is 8. The lowest BCUT2D eigenvalue weighted by atomic mass is 9.91. The summed E-state index contributed by atoms with van der Waals surface area (Å²) in [6.07, 6.45) is -0.697. The molecule has 4 aromatic rings. The maximum absolute atomic E-state index is 13.9. The molecule has 9 nitrogen and oxygen atoms in total. The maximum Gasteiger partial charge on any atom is 0.437 e. The van der Waals surface area contributed by atoms with E-state index in [2.05, 4.69) is 15.1 Å². The quantitative estimate of drug-likeness (QED) is 0.224. The molecule has 2 aliphatic rings. The molecule has 0 spiro atoms. The Morgan fingerprint density at radius 2 is 1.77 bits per heavy atom. The van der Waals surface area contributed by atoms with Gasteiger partial charge >= 0.3 is 16.3 Å². The van der Waals surface area contributed by atoms with Gasteiger partial charge in [-0.2, -0.15) is 36.0 Å². The van der Waals surface area contributed by atoms with Gasteiger partial charge in [0.05, 0.1) is 17.1 Å². The smallest absolute Gasteiger partial charge is 0.354 e. The number of piperidine rings is 1. The van der Waals surface area contributed by atoms with Gasteiger partial charge in [0.1, 0.15) is 11.3 Å². The standard InChI is InChI=1S/C28H27Cl2F3N6O3S/c1-17(20-10-9-19(29)13-22(20)30)39-27-25(26(36-39)28(31,32)33)34-14-24(35-27)37-15-18(16-37)21-7-3-4-8-23(21)43(40,41)42-38-11-5-2-6-12-38/h3-4,7-10,13-14,17-18H,2,5-6,11-12,15-16H2,1H3/t17-/m1/s1. The molecule has 2 aliphatic heterocycles. The molecule has 0 radical (unpaired) electrons. The Bertz CT molecular complexity index is 1770. The fraction of sp³-hybridized carbons (Fsp3) is 0.393. The lowest BCUT2D eigenvalue weighted by Gasteiger charge is -2.40. The topological polar surface area (TPSA) is 93.5 Å². The number of benzene rings is 2. The van der Waals surface area contributed by atoms with Crippen LogP contribution in [0.25, 0.3) is 11.2 Å². The molecule has 6 rings (SSSR count). The SMILES string of the molecule is C[C@H](c1ccc(Cl)cc1Cl)n1nc(C(F)(F)F)c2ncc(N3CC(c4ccccc4S(=O)(=O)ON4CCCCC4)C3)nc21. The summed E-state index contributed by atoms with van der Waals surface area (Å²) < 4.78 is 74.8. The Morgan fingerprint density at radius 3 is 2.47 bits per heavy atom. The minimum Gasteiger partial charge on any atom is -0.354 e. The van der Waals surface area contributed by atoms with E-state index in [0.29, 0.717) is 48.1 Å². The number of aromatic nitrogens is 4. The highest BCUT2D eigenvalue weighted by Crippen LogP contribution is 2.39. The van der Waals surface area contributed by atoms with E-state index >= 15 is 0 Å². The van der Waals surface area contributed by atoms with Crippen LogP contribution in [0.1, 0.15) is 55.0 Å². The predicted octanol–water partition coefficient (Wildman–Crippen LogP) is 6.47. The monoisotopic (exact) mass is 654 g/mol. The minimum atomic E-state index is -4.75. The third kappa shape index (κ3) is 5.93. The molecule has 0 bridgehead atoms. The van der Waals surface area contributed by atoms with E-state index in [0.717, 1.165) is 19.3 Å². The maximum atomic E-state index is 13.9. The molecular weight excluding hydrogens is 628 g/mol. The number of anilines is 1. The van der Waals surface area contributed by atoms with Crippen LogP contribution in [-0.2, 0) is 20.6 Å². The van der Waals surface area contributed by atoms with Gasteiger partial charge in [-0.25, -0.2) is 14.6 Å². The molecule has 1 atom stereocenters. The van der Waals surface area contributed by atoms with Crippen molar-refractivity contribution in [3.05, 3.63) is 75.5 Å². The van der Waals surface area contributed by atoms with Gasteiger partial charge in [-0.15, -0.1) is 0 Å². The molecule has 2 saturated heterocycles. The molecule has 0 unspecified atom stereocenters. The Kier molecular flexibility index (Phi) is 8.05. The van der Waals surface area contributed by atoms with Crippen LogP contribution >= 0.6 is 23.2 Å². The molecule has 43 heavy (non-hydrogen) atoms. The van der Waals surface area contributed by atoms with Gasteiger partial charge in [-0.1, -0.05) is 53.9 Å². The Balaban J connectivity index is 1.28. The molecular formula is C28H27Cl2F3N6O3S. The van der Waals surface area contributed by atoms with Crippen molar-refractivity contribution in [1.29, 1.82) is 0 Å². The van der Waals surface area contributed by atoms with Gasteiger partial charge in [0.25, 0.3) is 0 Å². The summed E-state index contributed by atoms with van der Waals surface area (Å²) in [5.41, 5.74) is -0.445. The first kappa shape index (κ1) is 30.1. The van der Waals surface area contributed by atoms with Crippen molar-refractivity contribution in [2.45, 2.75) is 49.2 Å². The van der Waals surface area contributed by atoms with E-state index in [-0.39, 0.29) is 27.0 Å². The van der Waals surface area contributed by atoms with Crippen LogP contribution in [0.5, 0.6) is 0 Å². The summed E-state index contributed by atoms with van der Waals surface area (Å²) in [7, 11) is -4.04. The van der Waals surface area contributed by atoms with E-state index in [1.165, 1.54) is 28.1 Å². The molecule has 4 heterocycles. The summed E-state index contributed by atoms with van der Waals surface area (Å²) in [5.74, 6) is 0.175. The average molecular weight is 656 g/mol. The van der Waals surface area contributed by atoms with Gasteiger partial charge in [-0.3, -0.25) is 0 Å². The molecule has 2 aromatic heterocycles. The van der Waals surface area contributed by atoms with Gasteiger partial charge in [-0.05, 0) is 49.1 Å². The van der Waals surface area contributed by atoms with Crippen molar-refractivity contribution in [3.63, 3.8) is 0 Å². The first-order valence-electron chi connectivity index (χ1n) is 13.7. The first-order chi connectivity index (χ1) is 20.4. The molecule has 2 aromatic carbocycles. The van der Waals surface area contributed by atoms with Crippen molar-refractivity contribution in [2.75, 3.05) is 31.1 Å². The van der Waals surface area contributed by atoms with Crippen LogP contribution in [0.2, 0.25) is 10.0 Å². The Hall–Kier alpha value is -2.97. The zero-order chi connectivity index (χ0) is 30.5. The van der Waals surface area contributed by atoms with E-state index in [1.54, 1.807) is 37.3 Å². The highest BCUT2D eigenvalue weighted by atomic mass is 35.5. The minimum absolute atomic E-state index is 0.0512. The number of halogens is 5. The van der Waals surface area contributed by atoms with Crippen LogP contribution in [0.4, 0.5) is 19.0 Å². The Labute approximate surface area is 256 Å². The number of nitrogens with zero attached hydrogens (tertiary/aromatic N) is 6. The fourth-order valence-electron chi connectivity index (χ4n) is 5.51. The highest BCUT2D eigenvalue weighted by Gasteiger charge is 2.40. The van der Waals surface area contributed by atoms with Crippen molar-refractivity contribution in [3.8, 4) is 0 Å². The van der Waals surface area contributed by atoms with Crippen LogP contribution in [-0.4, -0.2) is 59.4 Å². The number of fused-ring (bicyclic) bond motifs is 1. The normalized spacial score (nSPS) is 17.8. The molecule has 0 amide bonds. The second kappa shape index (κ2) is 11.5. The van der Waals surface area contributed by atoms with Crippen LogP contribution in [0.15, 0.2) is 53.6 Å². The van der Waals surface area contributed by atoms with E-state index < -0.39 is 28.0 Å². The number of hydrogen-bond donors (Lipinski definition) is 0. The molecule has 0 aliphatic carbocycles. The van der Waals surface area contributed by atoms with Gasteiger partial charge in [0.2, 0.25) is 0 Å². The summed E-state index contributed by atoms with van der Waals surface area (Å²) in [4.78, 5) is 10.6. The van der Waals surface area contributed by atoms with Gasteiger partial charge < -0.3 is 4.90 Å². The third-order valence-corrected chi connectivity index (χ3v) is 9.67. The van der Waals surface area contributed by atoms with Crippen molar-refractivity contribution in [1.82, 2.24) is 24.8 Å².